The summed E-state index contributed by atoms with van der Waals surface area (Å²) in [4.78, 5) is 12.0. The van der Waals surface area contributed by atoms with Gasteiger partial charge in [0, 0.05) is 12.8 Å². The molecule has 1 heteroatoms. The molecule has 0 aromatic heterocycles. The molecule has 0 aliphatic carbocycles. The van der Waals surface area contributed by atoms with Crippen LogP contribution in [0.3, 0.4) is 0 Å². The van der Waals surface area contributed by atoms with Gasteiger partial charge in [-0.3, -0.25) is 4.79 Å². The first-order chi connectivity index (χ1) is 9.54. The summed E-state index contributed by atoms with van der Waals surface area (Å²) in [7, 11) is 0. The summed E-state index contributed by atoms with van der Waals surface area (Å²) in [6.45, 7) is 6.27. The second-order valence-corrected chi connectivity index (χ2v) is 5.62. The monoisotopic (exact) mass is 266 g/mol. The summed E-state index contributed by atoms with van der Waals surface area (Å²) in [6, 6.07) is 14.7. The topological polar surface area (TPSA) is 17.1 Å². The molecule has 0 bridgehead atoms. The second kappa shape index (κ2) is 6.51. The van der Waals surface area contributed by atoms with Crippen molar-refractivity contribution in [3.05, 3.63) is 70.3 Å². The van der Waals surface area contributed by atoms with E-state index in [9.17, 15) is 4.79 Å². The molecule has 20 heavy (non-hydrogen) atoms. The average molecular weight is 266 g/mol. The van der Waals surface area contributed by atoms with Crippen LogP contribution in [-0.4, -0.2) is 5.78 Å². The van der Waals surface area contributed by atoms with Gasteiger partial charge in [0.2, 0.25) is 0 Å². The van der Waals surface area contributed by atoms with E-state index in [0.717, 1.165) is 12.0 Å². The Kier molecular flexibility index (Phi) is 4.73. The highest BCUT2D eigenvalue weighted by Crippen LogP contribution is 2.12. The lowest BCUT2D eigenvalue weighted by molar-refractivity contribution is -0.118. The van der Waals surface area contributed by atoms with Gasteiger partial charge in [-0.2, -0.15) is 0 Å². The number of hydrogen-bond donors (Lipinski definition) is 0. The molecule has 0 heterocycles. The van der Waals surface area contributed by atoms with Crippen molar-refractivity contribution in [1.29, 1.82) is 0 Å². The highest BCUT2D eigenvalue weighted by molar-refractivity contribution is 5.81. The van der Waals surface area contributed by atoms with Crippen molar-refractivity contribution < 1.29 is 4.79 Å². The molecule has 0 saturated heterocycles. The van der Waals surface area contributed by atoms with Gasteiger partial charge in [0.1, 0.15) is 5.78 Å². The van der Waals surface area contributed by atoms with Gasteiger partial charge in [0.25, 0.3) is 0 Å². The van der Waals surface area contributed by atoms with E-state index in [1.807, 2.05) is 0 Å². The predicted octanol–water partition coefficient (Wildman–Crippen LogP) is 4.36. The maximum atomic E-state index is 12.0. The van der Waals surface area contributed by atoms with Gasteiger partial charge in [0.15, 0.2) is 0 Å². The van der Waals surface area contributed by atoms with Crippen LogP contribution in [-0.2, 0) is 17.6 Å². The van der Waals surface area contributed by atoms with E-state index in [1.165, 1.54) is 22.3 Å². The van der Waals surface area contributed by atoms with Gasteiger partial charge >= 0.3 is 0 Å². The molecule has 0 aliphatic rings. The molecule has 0 unspecified atom stereocenters. The Morgan fingerprint density at radius 1 is 0.850 bits per heavy atom. The number of aryl methyl sites for hydroxylation is 4. The Morgan fingerprint density at radius 3 is 2.15 bits per heavy atom. The number of carbonyl (C=O) groups is 1. The van der Waals surface area contributed by atoms with Gasteiger partial charge in [-0.25, -0.2) is 0 Å². The van der Waals surface area contributed by atoms with Crippen LogP contribution >= 0.6 is 0 Å². The Labute approximate surface area is 121 Å². The molecule has 2 aromatic carbocycles. The summed E-state index contributed by atoms with van der Waals surface area (Å²) in [5.41, 5.74) is 6.16. The van der Waals surface area contributed by atoms with E-state index < -0.39 is 0 Å². The highest BCUT2D eigenvalue weighted by Gasteiger charge is 2.05. The van der Waals surface area contributed by atoms with E-state index in [0.29, 0.717) is 18.6 Å². The fourth-order valence-electron chi connectivity index (χ4n) is 2.27. The maximum absolute atomic E-state index is 12.0. The third kappa shape index (κ3) is 4.06. The number of benzene rings is 2. The molecule has 1 nitrogen and oxygen atoms in total. The molecule has 0 atom stereocenters. The van der Waals surface area contributed by atoms with Crippen LogP contribution in [0.15, 0.2) is 42.5 Å². The van der Waals surface area contributed by atoms with Crippen molar-refractivity contribution in [3.8, 4) is 0 Å². The van der Waals surface area contributed by atoms with Crippen LogP contribution in [0.1, 0.15) is 34.2 Å². The molecular weight excluding hydrogens is 244 g/mol. The summed E-state index contributed by atoms with van der Waals surface area (Å²) in [5.74, 6) is 0.314. The molecule has 0 fully saturated rings. The zero-order valence-corrected chi connectivity index (χ0v) is 12.6. The van der Waals surface area contributed by atoms with Crippen molar-refractivity contribution >= 4 is 5.78 Å². The Balaban J connectivity index is 1.89. The predicted molar refractivity (Wildman–Crippen MR) is 84.1 cm³/mol. The van der Waals surface area contributed by atoms with Crippen LogP contribution < -0.4 is 0 Å². The maximum Gasteiger partial charge on any atom is 0.137 e. The van der Waals surface area contributed by atoms with E-state index in [4.69, 9.17) is 0 Å². The largest absolute Gasteiger partial charge is 0.299 e. The molecule has 2 aromatic rings. The molecule has 0 radical (unpaired) electrons. The third-order valence-corrected chi connectivity index (χ3v) is 3.79. The zero-order valence-electron chi connectivity index (χ0n) is 12.6. The smallest absolute Gasteiger partial charge is 0.137 e. The SMILES string of the molecule is Cc1ccc(CCC(=O)Cc2ccc(C)c(C)c2)cc1. The van der Waals surface area contributed by atoms with Gasteiger partial charge in [0.05, 0.1) is 0 Å². The lowest BCUT2D eigenvalue weighted by atomic mass is 9.99. The van der Waals surface area contributed by atoms with E-state index in [-0.39, 0.29) is 0 Å². The molecule has 0 aliphatic heterocycles. The number of Topliss-reactive ketones (excluding diaryl/α,β-unsaturated/α-hetero) is 1. The minimum absolute atomic E-state index is 0.314. The summed E-state index contributed by atoms with van der Waals surface area (Å²) >= 11 is 0. The third-order valence-electron chi connectivity index (χ3n) is 3.79. The molecule has 2 rings (SSSR count). The van der Waals surface area contributed by atoms with Crippen molar-refractivity contribution in [2.45, 2.75) is 40.0 Å². The lowest BCUT2D eigenvalue weighted by Crippen LogP contribution is -2.04. The highest BCUT2D eigenvalue weighted by atomic mass is 16.1. The molecule has 0 saturated carbocycles. The van der Waals surface area contributed by atoms with Crippen molar-refractivity contribution in [1.82, 2.24) is 0 Å². The number of carbonyl (C=O) groups excluding carboxylic acids is 1. The molecule has 0 spiro atoms. The normalized spacial score (nSPS) is 10.6. The van der Waals surface area contributed by atoms with Crippen LogP contribution in [0.4, 0.5) is 0 Å². The fraction of sp³-hybridized carbons (Fsp3) is 0.316. The van der Waals surface area contributed by atoms with Gasteiger partial charge < -0.3 is 0 Å². The molecule has 0 N–H and O–H groups in total. The number of hydrogen-bond acceptors (Lipinski definition) is 1. The number of rotatable bonds is 5. The Bertz CT molecular complexity index is 594. The van der Waals surface area contributed by atoms with Gasteiger partial charge in [-0.15, -0.1) is 0 Å². The van der Waals surface area contributed by atoms with Gasteiger partial charge in [-0.1, -0.05) is 48.0 Å². The lowest BCUT2D eigenvalue weighted by Gasteiger charge is -2.05. The Morgan fingerprint density at radius 2 is 1.50 bits per heavy atom. The summed E-state index contributed by atoms with van der Waals surface area (Å²) < 4.78 is 0. The summed E-state index contributed by atoms with van der Waals surface area (Å²) in [5, 5.41) is 0. The quantitative estimate of drug-likeness (QED) is 0.786. The first kappa shape index (κ1) is 14.5. The fourth-order valence-corrected chi connectivity index (χ4v) is 2.27. The molecular formula is C19H22O. The Hall–Kier alpha value is -1.89. The van der Waals surface area contributed by atoms with Crippen LogP contribution in [0.2, 0.25) is 0 Å². The van der Waals surface area contributed by atoms with Crippen LogP contribution in [0.25, 0.3) is 0 Å². The average Bonchev–Trinajstić information content (AvgIpc) is 2.42. The number of ketones is 1. The van der Waals surface area contributed by atoms with Crippen LogP contribution in [0, 0.1) is 20.8 Å². The van der Waals surface area contributed by atoms with Gasteiger partial charge in [-0.05, 0) is 49.4 Å². The minimum atomic E-state index is 0.314. The van der Waals surface area contributed by atoms with E-state index >= 15 is 0 Å². The van der Waals surface area contributed by atoms with E-state index in [1.54, 1.807) is 0 Å². The molecule has 0 amide bonds. The molecule has 104 valence electrons. The first-order valence-corrected chi connectivity index (χ1v) is 7.18. The summed E-state index contributed by atoms with van der Waals surface area (Å²) in [6.07, 6.45) is 2.01. The van der Waals surface area contributed by atoms with Crippen LogP contribution in [0.5, 0.6) is 0 Å². The second-order valence-electron chi connectivity index (χ2n) is 5.62. The van der Waals surface area contributed by atoms with Crippen molar-refractivity contribution in [2.24, 2.45) is 0 Å². The van der Waals surface area contributed by atoms with Crippen molar-refractivity contribution in [3.63, 3.8) is 0 Å². The first-order valence-electron chi connectivity index (χ1n) is 7.18. The van der Waals surface area contributed by atoms with Crippen molar-refractivity contribution in [2.75, 3.05) is 0 Å². The minimum Gasteiger partial charge on any atom is -0.299 e. The van der Waals surface area contributed by atoms with E-state index in [2.05, 4.69) is 63.2 Å². The zero-order chi connectivity index (χ0) is 14.5. The standard InChI is InChI=1S/C19H22O/c1-14-4-7-17(8-5-14)10-11-19(20)13-18-9-6-15(2)16(3)12-18/h4-9,12H,10-11,13H2,1-3H3.